The first-order valence-electron chi connectivity index (χ1n) is 8.36. The molecule has 2 aromatic heterocycles. The highest BCUT2D eigenvalue weighted by molar-refractivity contribution is 5.78. The molecule has 10 nitrogen and oxygen atoms in total. The number of benzene rings is 1. The fourth-order valence-corrected chi connectivity index (χ4v) is 2.81. The van der Waals surface area contributed by atoms with Crippen LogP contribution in [0.15, 0.2) is 23.3 Å². The number of fused-ring (bicyclic) bond motifs is 1. The molecular weight excluding hydrogens is 354 g/mol. The first-order valence-corrected chi connectivity index (χ1v) is 8.36. The van der Waals surface area contributed by atoms with E-state index in [0.29, 0.717) is 11.0 Å². The van der Waals surface area contributed by atoms with Crippen molar-refractivity contribution in [1.29, 1.82) is 0 Å². The molecule has 0 spiro atoms. The van der Waals surface area contributed by atoms with Gasteiger partial charge in [-0.1, -0.05) is 0 Å². The minimum atomic E-state index is -1.62. The first-order chi connectivity index (χ1) is 12.8. The Morgan fingerprint density at radius 2 is 1.85 bits per heavy atom. The van der Waals surface area contributed by atoms with Crippen LogP contribution in [0.2, 0.25) is 0 Å². The Hall–Kier alpha value is -2.66. The van der Waals surface area contributed by atoms with Crippen molar-refractivity contribution < 1.29 is 20.4 Å². The summed E-state index contributed by atoms with van der Waals surface area (Å²) < 4.78 is 1.27. The highest BCUT2D eigenvalue weighted by Gasteiger charge is 2.26. The van der Waals surface area contributed by atoms with Gasteiger partial charge in [0.15, 0.2) is 11.5 Å². The van der Waals surface area contributed by atoms with Crippen LogP contribution < -0.4 is 5.56 Å². The quantitative estimate of drug-likeness (QED) is 0.362. The molecule has 0 aliphatic carbocycles. The first kappa shape index (κ1) is 19.1. The van der Waals surface area contributed by atoms with Crippen molar-refractivity contribution in [2.75, 3.05) is 6.61 Å². The molecule has 2 heterocycles. The van der Waals surface area contributed by atoms with Gasteiger partial charge in [-0.2, -0.15) is 5.10 Å². The highest BCUT2D eigenvalue weighted by Crippen LogP contribution is 2.20. The third kappa shape index (κ3) is 3.60. The Kier molecular flexibility index (Phi) is 5.33. The average molecular weight is 375 g/mol. The lowest BCUT2D eigenvalue weighted by atomic mass is 10.1. The van der Waals surface area contributed by atoms with Gasteiger partial charge in [-0.15, -0.1) is 0 Å². The number of hydrogen-bond donors (Lipinski definition) is 5. The lowest BCUT2D eigenvalue weighted by Gasteiger charge is -2.23. The van der Waals surface area contributed by atoms with E-state index in [2.05, 4.69) is 20.2 Å². The standard InChI is InChI=1S/C17H21N5O5/c1-8-3-10-11(4-9(8)2)22(5-12(24)15(26)13(25)6-23)17(27)14(20-10)16-18-7-19-21-16/h3-4,7,12-13,15,23-26H,5-6H2,1-2H3,(H,18,19,21)/t12-,13+,15-/m0/s1. The number of aliphatic hydroxyl groups excluding tert-OH is 4. The predicted octanol–water partition coefficient (Wildman–Crippen LogP) is -1.13. The topological polar surface area (TPSA) is 157 Å². The molecule has 0 saturated carbocycles. The fourth-order valence-electron chi connectivity index (χ4n) is 2.81. The molecule has 144 valence electrons. The van der Waals surface area contributed by atoms with Gasteiger partial charge >= 0.3 is 0 Å². The molecule has 27 heavy (non-hydrogen) atoms. The van der Waals surface area contributed by atoms with Crippen LogP contribution in [0.3, 0.4) is 0 Å². The van der Waals surface area contributed by atoms with Crippen molar-refractivity contribution >= 4 is 11.0 Å². The Bertz CT molecular complexity index is 1000. The number of rotatable bonds is 6. The largest absolute Gasteiger partial charge is 0.394 e. The van der Waals surface area contributed by atoms with Crippen molar-refractivity contribution in [2.24, 2.45) is 0 Å². The fraction of sp³-hybridized carbons (Fsp3) is 0.412. The summed E-state index contributed by atoms with van der Waals surface area (Å²) in [5.41, 5.74) is 2.36. The molecule has 0 bridgehead atoms. The highest BCUT2D eigenvalue weighted by atomic mass is 16.4. The summed E-state index contributed by atoms with van der Waals surface area (Å²) in [5.74, 6) is 0.180. The van der Waals surface area contributed by atoms with Crippen molar-refractivity contribution in [3.63, 3.8) is 0 Å². The van der Waals surface area contributed by atoms with E-state index in [-0.39, 0.29) is 18.1 Å². The van der Waals surface area contributed by atoms with Crippen molar-refractivity contribution in [3.8, 4) is 11.5 Å². The van der Waals surface area contributed by atoms with E-state index >= 15 is 0 Å². The Balaban J connectivity index is 2.18. The van der Waals surface area contributed by atoms with E-state index in [1.165, 1.54) is 10.9 Å². The van der Waals surface area contributed by atoms with E-state index < -0.39 is 30.5 Å². The Morgan fingerprint density at radius 3 is 2.48 bits per heavy atom. The lowest BCUT2D eigenvalue weighted by Crippen LogP contribution is -2.43. The number of H-pyrrole nitrogens is 1. The molecule has 1 aromatic carbocycles. The molecule has 0 amide bonds. The van der Waals surface area contributed by atoms with Crippen LogP contribution in [-0.2, 0) is 6.54 Å². The molecule has 10 heteroatoms. The molecule has 0 fully saturated rings. The molecule has 3 rings (SSSR count). The van der Waals surface area contributed by atoms with Gasteiger partial charge < -0.3 is 25.0 Å². The molecule has 0 saturated heterocycles. The smallest absolute Gasteiger partial charge is 0.280 e. The van der Waals surface area contributed by atoms with Crippen molar-refractivity contribution in [2.45, 2.75) is 38.7 Å². The summed E-state index contributed by atoms with van der Waals surface area (Å²) in [5, 5.41) is 45.1. The summed E-state index contributed by atoms with van der Waals surface area (Å²) in [6, 6.07) is 3.58. The zero-order valence-corrected chi connectivity index (χ0v) is 14.9. The second-order valence-electron chi connectivity index (χ2n) is 6.44. The number of nitrogens with one attached hydrogen (secondary N) is 1. The minimum Gasteiger partial charge on any atom is -0.394 e. The normalized spacial score (nSPS) is 15.0. The molecule has 3 atom stereocenters. The zero-order valence-electron chi connectivity index (χ0n) is 14.9. The van der Waals surface area contributed by atoms with Crippen molar-refractivity contribution in [1.82, 2.24) is 24.7 Å². The Morgan fingerprint density at radius 1 is 1.15 bits per heavy atom. The molecule has 3 aromatic rings. The van der Waals surface area contributed by atoms with Crippen LogP contribution in [0.5, 0.6) is 0 Å². The molecular formula is C17H21N5O5. The summed E-state index contributed by atoms with van der Waals surface area (Å²) >= 11 is 0. The second-order valence-corrected chi connectivity index (χ2v) is 6.44. The molecule has 0 aliphatic rings. The number of aromatic nitrogens is 5. The van der Waals surface area contributed by atoms with Gasteiger partial charge in [0.25, 0.3) is 5.56 Å². The maximum Gasteiger partial charge on any atom is 0.280 e. The molecule has 0 aliphatic heterocycles. The minimum absolute atomic E-state index is 0.0210. The van der Waals surface area contributed by atoms with Crippen LogP contribution in [0.25, 0.3) is 22.6 Å². The van der Waals surface area contributed by atoms with Gasteiger partial charge in [-0.3, -0.25) is 9.89 Å². The molecule has 0 radical (unpaired) electrons. The van der Waals surface area contributed by atoms with E-state index in [4.69, 9.17) is 5.11 Å². The summed E-state index contributed by atoms with van der Waals surface area (Å²) in [7, 11) is 0. The van der Waals surface area contributed by atoms with Gasteiger partial charge in [0, 0.05) is 0 Å². The maximum atomic E-state index is 13.0. The van der Waals surface area contributed by atoms with Crippen LogP contribution in [0, 0.1) is 13.8 Å². The van der Waals surface area contributed by atoms with E-state index in [0.717, 1.165) is 11.1 Å². The van der Waals surface area contributed by atoms with Crippen LogP contribution in [-0.4, -0.2) is 70.1 Å². The number of hydrogen-bond acceptors (Lipinski definition) is 8. The van der Waals surface area contributed by atoms with Gasteiger partial charge in [0.05, 0.1) is 24.2 Å². The summed E-state index contributed by atoms with van der Waals surface area (Å²) in [6.07, 6.45) is -3.38. The van der Waals surface area contributed by atoms with Crippen LogP contribution in [0.1, 0.15) is 11.1 Å². The number of nitrogens with zero attached hydrogens (tertiary/aromatic N) is 4. The van der Waals surface area contributed by atoms with Gasteiger partial charge in [0.2, 0.25) is 0 Å². The zero-order chi connectivity index (χ0) is 19.7. The summed E-state index contributed by atoms with van der Waals surface area (Å²) in [6.45, 7) is 2.77. The Labute approximate surface area is 153 Å². The van der Waals surface area contributed by atoms with Gasteiger partial charge in [0.1, 0.15) is 24.6 Å². The SMILES string of the molecule is Cc1cc2nc(-c3ncn[nH]3)c(=O)n(C[C@H](O)[C@H](O)[C@H](O)CO)c2cc1C. The third-order valence-corrected chi connectivity index (χ3v) is 4.55. The van der Waals surface area contributed by atoms with E-state index in [1.54, 1.807) is 6.07 Å². The lowest BCUT2D eigenvalue weighted by molar-refractivity contribution is -0.0805. The van der Waals surface area contributed by atoms with Crippen LogP contribution in [0.4, 0.5) is 0 Å². The number of aromatic amines is 1. The molecule has 0 unspecified atom stereocenters. The monoisotopic (exact) mass is 375 g/mol. The summed E-state index contributed by atoms with van der Waals surface area (Å²) in [4.78, 5) is 21.3. The van der Waals surface area contributed by atoms with Crippen molar-refractivity contribution in [3.05, 3.63) is 39.9 Å². The predicted molar refractivity (Wildman–Crippen MR) is 96.0 cm³/mol. The average Bonchev–Trinajstić information content (AvgIpc) is 3.18. The van der Waals surface area contributed by atoms with Gasteiger partial charge in [-0.05, 0) is 37.1 Å². The third-order valence-electron chi connectivity index (χ3n) is 4.55. The van der Waals surface area contributed by atoms with E-state index in [9.17, 15) is 20.1 Å². The van der Waals surface area contributed by atoms with E-state index in [1.807, 2.05) is 19.9 Å². The second kappa shape index (κ2) is 7.53. The maximum absolute atomic E-state index is 13.0. The molecule has 5 N–H and O–H groups in total. The van der Waals surface area contributed by atoms with Crippen LogP contribution >= 0.6 is 0 Å². The number of aliphatic hydroxyl groups is 4. The number of aryl methyl sites for hydroxylation is 2. The van der Waals surface area contributed by atoms with Gasteiger partial charge in [-0.25, -0.2) is 9.97 Å².